The molecule has 0 spiro atoms. The number of carbonyl (C=O) groups is 2. The molecule has 7 heteroatoms. The molecule has 176 valence electrons. The first kappa shape index (κ1) is 24.2. The predicted molar refractivity (Wildman–Crippen MR) is 127 cm³/mol. The van der Waals surface area contributed by atoms with Gasteiger partial charge in [0, 0.05) is 17.8 Å². The second kappa shape index (κ2) is 10.9. The van der Waals surface area contributed by atoms with Crippen molar-refractivity contribution < 1.29 is 23.8 Å². The van der Waals surface area contributed by atoms with Gasteiger partial charge in [-0.1, -0.05) is 30.3 Å². The lowest BCUT2D eigenvalue weighted by molar-refractivity contribution is -0.114. The van der Waals surface area contributed by atoms with E-state index in [9.17, 15) is 9.59 Å². The molecule has 0 saturated carbocycles. The normalized spacial score (nSPS) is 15.8. The third-order valence-corrected chi connectivity index (χ3v) is 5.98. The summed E-state index contributed by atoms with van der Waals surface area (Å²) in [6.45, 7) is 3.82. The van der Waals surface area contributed by atoms with Crippen molar-refractivity contribution in [3.05, 3.63) is 64.9 Å². The number of hydrogen-bond acceptors (Lipinski definition) is 5. The van der Waals surface area contributed by atoms with E-state index in [4.69, 9.17) is 14.2 Å². The molecule has 0 bridgehead atoms. The minimum absolute atomic E-state index is 0.0247. The SMILES string of the molecule is COc1cc(CCN2C(=O)N[C@@H](CCc3ccccc3)C(C(C)=O)=C2C)cc(OC)c1OC. The molecule has 0 fully saturated rings. The summed E-state index contributed by atoms with van der Waals surface area (Å²) in [6, 6.07) is 13.3. The van der Waals surface area contributed by atoms with Crippen molar-refractivity contribution in [2.24, 2.45) is 0 Å². The summed E-state index contributed by atoms with van der Waals surface area (Å²) in [4.78, 5) is 27.1. The van der Waals surface area contributed by atoms with Gasteiger partial charge >= 0.3 is 6.03 Å². The molecule has 0 saturated heterocycles. The quantitative estimate of drug-likeness (QED) is 0.586. The highest BCUT2D eigenvalue weighted by Gasteiger charge is 2.32. The number of amides is 2. The van der Waals surface area contributed by atoms with E-state index >= 15 is 0 Å². The number of benzene rings is 2. The molecule has 33 heavy (non-hydrogen) atoms. The first-order valence-corrected chi connectivity index (χ1v) is 11.0. The number of hydrogen-bond donors (Lipinski definition) is 1. The lowest BCUT2D eigenvalue weighted by Gasteiger charge is -2.35. The zero-order valence-electron chi connectivity index (χ0n) is 19.9. The van der Waals surface area contributed by atoms with Crippen molar-refractivity contribution in [2.45, 2.75) is 39.2 Å². The fourth-order valence-corrected chi connectivity index (χ4v) is 4.31. The molecule has 0 unspecified atom stereocenters. The summed E-state index contributed by atoms with van der Waals surface area (Å²) in [5, 5.41) is 3.04. The van der Waals surface area contributed by atoms with Crippen LogP contribution in [0.15, 0.2) is 53.7 Å². The smallest absolute Gasteiger partial charge is 0.322 e. The Bertz CT molecular complexity index is 1010. The van der Waals surface area contributed by atoms with E-state index in [1.807, 2.05) is 37.3 Å². The maximum Gasteiger partial charge on any atom is 0.322 e. The zero-order valence-corrected chi connectivity index (χ0v) is 19.9. The van der Waals surface area contributed by atoms with E-state index in [2.05, 4.69) is 17.4 Å². The topological polar surface area (TPSA) is 77.1 Å². The van der Waals surface area contributed by atoms with E-state index in [-0.39, 0.29) is 17.9 Å². The van der Waals surface area contributed by atoms with Crippen LogP contribution >= 0.6 is 0 Å². The molecule has 2 aromatic carbocycles. The van der Waals surface area contributed by atoms with Gasteiger partial charge in [0.05, 0.1) is 27.4 Å². The molecule has 1 heterocycles. The third kappa shape index (κ3) is 5.48. The molecule has 0 radical (unpaired) electrons. The molecular formula is C26H32N2O5. The Kier molecular flexibility index (Phi) is 7.98. The lowest BCUT2D eigenvalue weighted by Crippen LogP contribution is -2.52. The number of nitrogens with one attached hydrogen (secondary N) is 1. The van der Waals surface area contributed by atoms with Gasteiger partial charge in [-0.25, -0.2) is 4.79 Å². The first-order chi connectivity index (χ1) is 15.9. The minimum atomic E-state index is -0.298. The third-order valence-electron chi connectivity index (χ3n) is 5.98. The molecule has 1 atom stereocenters. The Morgan fingerprint density at radius 2 is 1.61 bits per heavy atom. The van der Waals surface area contributed by atoms with Gasteiger partial charge in [0.1, 0.15) is 0 Å². The molecule has 1 N–H and O–H groups in total. The van der Waals surface area contributed by atoms with E-state index < -0.39 is 0 Å². The number of allylic oxidation sites excluding steroid dienone is 1. The molecule has 0 aromatic heterocycles. The molecule has 3 rings (SSSR count). The Morgan fingerprint density at radius 3 is 2.15 bits per heavy atom. The van der Waals surface area contributed by atoms with Gasteiger partial charge in [0.25, 0.3) is 0 Å². The van der Waals surface area contributed by atoms with Crippen LogP contribution < -0.4 is 19.5 Å². The number of nitrogens with zero attached hydrogens (tertiary/aromatic N) is 1. The highest BCUT2D eigenvalue weighted by atomic mass is 16.5. The van der Waals surface area contributed by atoms with Gasteiger partial charge in [0.15, 0.2) is 17.3 Å². The molecule has 1 aliphatic heterocycles. The van der Waals surface area contributed by atoms with Crippen molar-refractivity contribution in [1.29, 1.82) is 0 Å². The van der Waals surface area contributed by atoms with Crippen molar-refractivity contribution in [2.75, 3.05) is 27.9 Å². The number of aryl methyl sites for hydroxylation is 1. The Balaban J connectivity index is 1.79. The largest absolute Gasteiger partial charge is 0.493 e. The summed E-state index contributed by atoms with van der Waals surface area (Å²) in [5.41, 5.74) is 3.48. The van der Waals surface area contributed by atoms with E-state index in [0.29, 0.717) is 47.9 Å². The average molecular weight is 453 g/mol. The van der Waals surface area contributed by atoms with Gasteiger partial charge < -0.3 is 19.5 Å². The number of ketones is 1. The number of rotatable bonds is 10. The van der Waals surface area contributed by atoms with Crippen LogP contribution in [0.1, 0.15) is 31.4 Å². The fraction of sp³-hybridized carbons (Fsp3) is 0.385. The van der Waals surface area contributed by atoms with Crippen LogP contribution in [0.4, 0.5) is 4.79 Å². The predicted octanol–water partition coefficient (Wildman–Crippen LogP) is 4.14. The zero-order chi connectivity index (χ0) is 24.0. The van der Waals surface area contributed by atoms with Crippen LogP contribution in [0.2, 0.25) is 0 Å². The molecule has 2 amide bonds. The number of carbonyl (C=O) groups excluding carboxylic acids is 2. The maximum absolute atomic E-state index is 13.0. The van der Waals surface area contributed by atoms with Crippen LogP contribution in [-0.2, 0) is 17.6 Å². The number of methoxy groups -OCH3 is 3. The van der Waals surface area contributed by atoms with Gasteiger partial charge in [-0.2, -0.15) is 0 Å². The highest BCUT2D eigenvalue weighted by Crippen LogP contribution is 2.38. The second-order valence-electron chi connectivity index (χ2n) is 8.02. The summed E-state index contributed by atoms with van der Waals surface area (Å²) in [7, 11) is 4.70. The molecule has 0 aliphatic carbocycles. The highest BCUT2D eigenvalue weighted by molar-refractivity contribution is 5.98. The van der Waals surface area contributed by atoms with E-state index in [1.165, 1.54) is 5.56 Å². The Labute approximate surface area is 195 Å². The Morgan fingerprint density at radius 1 is 0.970 bits per heavy atom. The van der Waals surface area contributed by atoms with Crippen LogP contribution in [0.3, 0.4) is 0 Å². The summed E-state index contributed by atoms with van der Waals surface area (Å²) >= 11 is 0. The fourth-order valence-electron chi connectivity index (χ4n) is 4.31. The lowest BCUT2D eigenvalue weighted by atomic mass is 9.93. The van der Waals surface area contributed by atoms with Crippen LogP contribution in [0.25, 0.3) is 0 Å². The second-order valence-corrected chi connectivity index (χ2v) is 8.02. The Hall–Kier alpha value is -3.48. The average Bonchev–Trinajstić information content (AvgIpc) is 2.81. The summed E-state index contributed by atoms with van der Waals surface area (Å²) < 4.78 is 16.2. The first-order valence-electron chi connectivity index (χ1n) is 11.0. The summed E-state index contributed by atoms with van der Waals surface area (Å²) in [6.07, 6.45) is 2.01. The van der Waals surface area contributed by atoms with Crippen LogP contribution in [0, 0.1) is 0 Å². The molecule has 2 aromatic rings. The minimum Gasteiger partial charge on any atom is -0.493 e. The van der Waals surface area contributed by atoms with Crippen molar-refractivity contribution in [3.63, 3.8) is 0 Å². The number of urea groups is 1. The van der Waals surface area contributed by atoms with Gasteiger partial charge in [-0.3, -0.25) is 9.69 Å². The van der Waals surface area contributed by atoms with Crippen molar-refractivity contribution >= 4 is 11.8 Å². The van der Waals surface area contributed by atoms with Crippen LogP contribution in [-0.4, -0.2) is 50.6 Å². The standard InChI is InChI=1S/C26H32N2O5/c1-17-24(18(2)29)21(12-11-19-9-7-6-8-10-19)27-26(30)28(17)14-13-20-15-22(31-3)25(33-5)23(16-20)32-4/h6-10,15-16,21H,11-14H2,1-5H3,(H,27,30)/t21-/m0/s1. The van der Waals surface area contributed by atoms with Gasteiger partial charge in [-0.15, -0.1) is 0 Å². The molecule has 1 aliphatic rings. The van der Waals surface area contributed by atoms with E-state index in [1.54, 1.807) is 33.2 Å². The van der Waals surface area contributed by atoms with Crippen LogP contribution in [0.5, 0.6) is 17.2 Å². The molecular weight excluding hydrogens is 420 g/mol. The number of ether oxygens (including phenoxy) is 3. The number of Topliss-reactive ketones (excluding diaryl/α,β-unsaturated/α-hetero) is 1. The molecule has 7 nitrogen and oxygen atoms in total. The van der Waals surface area contributed by atoms with Crippen molar-refractivity contribution in [3.8, 4) is 17.2 Å². The maximum atomic E-state index is 13.0. The van der Waals surface area contributed by atoms with Gasteiger partial charge in [-0.05, 0) is 56.4 Å². The van der Waals surface area contributed by atoms with E-state index in [0.717, 1.165) is 12.0 Å². The monoisotopic (exact) mass is 452 g/mol. The van der Waals surface area contributed by atoms with Gasteiger partial charge in [0.2, 0.25) is 5.75 Å². The summed E-state index contributed by atoms with van der Waals surface area (Å²) in [5.74, 6) is 1.62. The van der Waals surface area contributed by atoms with Crippen molar-refractivity contribution in [1.82, 2.24) is 10.2 Å².